The molecule has 0 aromatic heterocycles. The standard InChI is InChI=1S/C33H66N2/c1-4-7-10-12-13-14-15-16-17-18-19-20-21-22-23-24-25-28-33-34(29-26-9-6-3)31-32-35(33)30-27-11-8-5-2/h31-33H,4-30H2,1-3H3. The second-order valence-corrected chi connectivity index (χ2v) is 11.5. The molecule has 2 nitrogen and oxygen atoms in total. The van der Waals surface area contributed by atoms with Crippen molar-refractivity contribution >= 4 is 0 Å². The van der Waals surface area contributed by atoms with Crippen molar-refractivity contribution in [3.05, 3.63) is 12.4 Å². The van der Waals surface area contributed by atoms with Gasteiger partial charge in [-0.2, -0.15) is 0 Å². The Balaban J connectivity index is 2.00. The summed E-state index contributed by atoms with van der Waals surface area (Å²) in [5, 5.41) is 0. The van der Waals surface area contributed by atoms with Crippen molar-refractivity contribution in [1.82, 2.24) is 9.80 Å². The van der Waals surface area contributed by atoms with E-state index in [1.807, 2.05) is 0 Å². The monoisotopic (exact) mass is 491 g/mol. The van der Waals surface area contributed by atoms with E-state index in [9.17, 15) is 0 Å². The number of rotatable bonds is 27. The maximum atomic E-state index is 2.66. The summed E-state index contributed by atoms with van der Waals surface area (Å²) in [6.07, 6.45) is 41.1. The lowest BCUT2D eigenvalue weighted by molar-refractivity contribution is 0.135. The summed E-state index contributed by atoms with van der Waals surface area (Å²) in [5.74, 6) is 0. The molecule has 208 valence electrons. The van der Waals surface area contributed by atoms with Crippen LogP contribution in [0.4, 0.5) is 0 Å². The van der Waals surface area contributed by atoms with Crippen LogP contribution in [0.5, 0.6) is 0 Å². The van der Waals surface area contributed by atoms with Gasteiger partial charge in [-0.25, -0.2) is 0 Å². The Morgan fingerprint density at radius 2 is 0.657 bits per heavy atom. The van der Waals surface area contributed by atoms with Crippen molar-refractivity contribution in [3.8, 4) is 0 Å². The maximum Gasteiger partial charge on any atom is 0.101 e. The highest BCUT2D eigenvalue weighted by atomic mass is 15.4. The van der Waals surface area contributed by atoms with Gasteiger partial charge < -0.3 is 9.80 Å². The summed E-state index contributed by atoms with van der Waals surface area (Å²) in [6, 6.07) is 0. The van der Waals surface area contributed by atoms with Crippen molar-refractivity contribution in [3.63, 3.8) is 0 Å². The molecule has 0 N–H and O–H groups in total. The topological polar surface area (TPSA) is 6.48 Å². The van der Waals surface area contributed by atoms with Crippen LogP contribution in [0.15, 0.2) is 12.4 Å². The third-order valence-electron chi connectivity index (χ3n) is 8.07. The molecule has 0 bridgehead atoms. The molecule has 1 atom stereocenters. The zero-order valence-electron chi connectivity index (χ0n) is 24.7. The molecule has 35 heavy (non-hydrogen) atoms. The van der Waals surface area contributed by atoms with Crippen LogP contribution in [0.25, 0.3) is 0 Å². The van der Waals surface area contributed by atoms with Crippen LogP contribution in [-0.4, -0.2) is 29.1 Å². The molecule has 1 aliphatic heterocycles. The van der Waals surface area contributed by atoms with Crippen molar-refractivity contribution < 1.29 is 0 Å². The molecule has 1 rings (SSSR count). The van der Waals surface area contributed by atoms with E-state index in [0.29, 0.717) is 6.17 Å². The first-order chi connectivity index (χ1) is 17.3. The van der Waals surface area contributed by atoms with Gasteiger partial charge in [-0.3, -0.25) is 0 Å². The van der Waals surface area contributed by atoms with Crippen LogP contribution < -0.4 is 0 Å². The molecule has 1 unspecified atom stereocenters. The summed E-state index contributed by atoms with van der Waals surface area (Å²) >= 11 is 0. The highest BCUT2D eigenvalue weighted by Gasteiger charge is 2.24. The van der Waals surface area contributed by atoms with Crippen LogP contribution in [0.3, 0.4) is 0 Å². The fourth-order valence-electron chi connectivity index (χ4n) is 5.66. The normalized spacial score (nSPS) is 15.6. The molecule has 0 fully saturated rings. The predicted molar refractivity (Wildman–Crippen MR) is 159 cm³/mol. The first-order valence-corrected chi connectivity index (χ1v) is 16.5. The Bertz CT molecular complexity index is 446. The van der Waals surface area contributed by atoms with Crippen LogP contribution in [0, 0.1) is 0 Å². The van der Waals surface area contributed by atoms with Crippen LogP contribution in [-0.2, 0) is 0 Å². The van der Waals surface area contributed by atoms with Gasteiger partial charge in [0.25, 0.3) is 0 Å². The van der Waals surface area contributed by atoms with Crippen LogP contribution in [0.1, 0.15) is 181 Å². The molecule has 0 aliphatic carbocycles. The second kappa shape index (κ2) is 25.0. The quantitative estimate of drug-likeness (QED) is 0.106. The average Bonchev–Trinajstić information content (AvgIpc) is 3.25. The van der Waals surface area contributed by atoms with Crippen molar-refractivity contribution in [2.24, 2.45) is 0 Å². The zero-order valence-corrected chi connectivity index (χ0v) is 24.7. The molecule has 1 heterocycles. The summed E-state index contributed by atoms with van der Waals surface area (Å²) in [4.78, 5) is 5.32. The van der Waals surface area contributed by atoms with E-state index in [1.165, 1.54) is 174 Å². The van der Waals surface area contributed by atoms with E-state index in [-0.39, 0.29) is 0 Å². The largest absolute Gasteiger partial charge is 0.356 e. The van der Waals surface area contributed by atoms with E-state index in [0.717, 1.165) is 0 Å². The minimum Gasteiger partial charge on any atom is -0.356 e. The molecule has 0 amide bonds. The first kappa shape index (κ1) is 32.4. The van der Waals surface area contributed by atoms with Crippen LogP contribution in [0.2, 0.25) is 0 Å². The summed E-state index contributed by atoms with van der Waals surface area (Å²) < 4.78 is 0. The summed E-state index contributed by atoms with van der Waals surface area (Å²) in [6.45, 7) is 9.44. The zero-order chi connectivity index (χ0) is 25.2. The number of hydrogen-bond acceptors (Lipinski definition) is 2. The highest BCUT2D eigenvalue weighted by molar-refractivity contribution is 4.96. The molecule has 0 saturated carbocycles. The van der Waals surface area contributed by atoms with E-state index in [2.05, 4.69) is 43.0 Å². The Hall–Kier alpha value is -0.660. The molecule has 0 spiro atoms. The van der Waals surface area contributed by atoms with Gasteiger partial charge in [-0.1, -0.05) is 156 Å². The number of unbranched alkanes of at least 4 members (excludes halogenated alkanes) is 21. The van der Waals surface area contributed by atoms with Crippen molar-refractivity contribution in [2.45, 2.75) is 187 Å². The molecule has 1 aliphatic rings. The molecule has 0 aromatic rings. The van der Waals surface area contributed by atoms with Gasteiger partial charge in [0.2, 0.25) is 0 Å². The third-order valence-corrected chi connectivity index (χ3v) is 8.07. The van der Waals surface area contributed by atoms with Gasteiger partial charge in [-0.05, 0) is 25.7 Å². The first-order valence-electron chi connectivity index (χ1n) is 16.5. The average molecular weight is 491 g/mol. The lowest BCUT2D eigenvalue weighted by Gasteiger charge is -2.33. The molecule has 0 radical (unpaired) electrons. The van der Waals surface area contributed by atoms with Gasteiger partial charge in [0.05, 0.1) is 0 Å². The van der Waals surface area contributed by atoms with Gasteiger partial charge >= 0.3 is 0 Å². The minimum atomic E-state index is 0.643. The van der Waals surface area contributed by atoms with E-state index in [4.69, 9.17) is 0 Å². The molecule has 0 saturated heterocycles. The second-order valence-electron chi connectivity index (χ2n) is 11.5. The Morgan fingerprint density at radius 1 is 0.371 bits per heavy atom. The Kier molecular flexibility index (Phi) is 23.1. The molecular formula is C33H66N2. The van der Waals surface area contributed by atoms with Gasteiger partial charge in [0.15, 0.2) is 0 Å². The molecule has 0 aromatic carbocycles. The molecule has 2 heteroatoms. The SMILES string of the molecule is CCCCCCCCCCCCCCCCCCCC1N(CCCCC)C=CN1CCCCCC. The summed E-state index contributed by atoms with van der Waals surface area (Å²) in [5.41, 5.74) is 0. The Labute approximate surface area is 222 Å². The maximum absolute atomic E-state index is 2.66. The predicted octanol–water partition coefficient (Wildman–Crippen LogP) is 11.2. The van der Waals surface area contributed by atoms with Crippen molar-refractivity contribution in [2.75, 3.05) is 13.1 Å². The fraction of sp³-hybridized carbons (Fsp3) is 0.939. The smallest absolute Gasteiger partial charge is 0.101 e. The van der Waals surface area contributed by atoms with E-state index in [1.54, 1.807) is 0 Å². The highest BCUT2D eigenvalue weighted by Crippen LogP contribution is 2.23. The van der Waals surface area contributed by atoms with Crippen LogP contribution >= 0.6 is 0 Å². The number of hydrogen-bond donors (Lipinski definition) is 0. The minimum absolute atomic E-state index is 0.643. The van der Waals surface area contributed by atoms with Gasteiger partial charge in [0.1, 0.15) is 6.17 Å². The summed E-state index contributed by atoms with van der Waals surface area (Å²) in [7, 11) is 0. The lowest BCUT2D eigenvalue weighted by atomic mass is 10.0. The third kappa shape index (κ3) is 18.3. The van der Waals surface area contributed by atoms with Gasteiger partial charge in [0, 0.05) is 25.5 Å². The van der Waals surface area contributed by atoms with E-state index >= 15 is 0 Å². The van der Waals surface area contributed by atoms with Gasteiger partial charge in [-0.15, -0.1) is 0 Å². The van der Waals surface area contributed by atoms with E-state index < -0.39 is 0 Å². The van der Waals surface area contributed by atoms with Crippen molar-refractivity contribution in [1.29, 1.82) is 0 Å². The number of nitrogens with zero attached hydrogens (tertiary/aromatic N) is 2. The fourth-order valence-corrected chi connectivity index (χ4v) is 5.66. The lowest BCUT2D eigenvalue weighted by Crippen LogP contribution is -2.39. The molecular weight excluding hydrogens is 424 g/mol. The Morgan fingerprint density at radius 3 is 1.06 bits per heavy atom.